The summed E-state index contributed by atoms with van der Waals surface area (Å²) in [7, 11) is 0. The second-order valence-electron chi connectivity index (χ2n) is 0.0583. The SMILES string of the molecule is FOF.[Gd].[Lu]. The zero-order valence-electron chi connectivity index (χ0n) is 1.78. The maximum atomic E-state index is 9.12. The smallest absolute Gasteiger partial charge is 0.0104 e. The van der Waals surface area contributed by atoms with Crippen LogP contribution in [0.15, 0.2) is 0 Å². The molecule has 0 atom stereocenters. The molecule has 0 amide bonds. The maximum absolute atomic E-state index is 9.12. The molecule has 0 aromatic heterocycles. The monoisotopic (exact) mass is 387 g/mol. The van der Waals surface area contributed by atoms with Crippen LogP contribution in [0.25, 0.3) is 0 Å². The minimum absolute atomic E-state index is 0. The summed E-state index contributed by atoms with van der Waals surface area (Å²) in [5.74, 6) is 0. The maximum Gasteiger partial charge on any atom is 0.0209 e. The third-order valence-electron chi connectivity index (χ3n) is 0. The van der Waals surface area contributed by atoms with Crippen LogP contribution in [0.3, 0.4) is 0 Å². The Morgan fingerprint density at radius 3 is 1.20 bits per heavy atom. The summed E-state index contributed by atoms with van der Waals surface area (Å²) in [4.78, 5) is 0. The normalized spacial score (nSPS) is 3.60. The first-order chi connectivity index (χ1) is 1.41. The van der Waals surface area contributed by atoms with Crippen molar-refractivity contribution in [1.82, 2.24) is 0 Å². The number of rotatable bonds is 0. The summed E-state index contributed by atoms with van der Waals surface area (Å²) in [6, 6.07) is 0. The van der Waals surface area contributed by atoms with E-state index < -0.39 is 0 Å². The van der Waals surface area contributed by atoms with Crippen LogP contribution in [0.4, 0.5) is 9.05 Å². The molecule has 0 bridgehead atoms. The van der Waals surface area contributed by atoms with Crippen molar-refractivity contribution in [3.8, 4) is 0 Å². The molecule has 5 heavy (non-hydrogen) atoms. The molecule has 0 N–H and O–H groups in total. The quantitative estimate of drug-likeness (QED) is 0.598. The molecule has 0 unspecified atom stereocenters. The summed E-state index contributed by atoms with van der Waals surface area (Å²) >= 11 is 0. The van der Waals surface area contributed by atoms with Crippen LogP contribution in [0.5, 0.6) is 0 Å². The van der Waals surface area contributed by atoms with Crippen LogP contribution in [-0.4, -0.2) is 0 Å². The molecule has 0 fully saturated rings. The predicted octanol–water partition coefficient (Wildman–Crippen LogP) is 0.772. The van der Waals surface area contributed by atoms with Crippen molar-refractivity contribution in [1.29, 1.82) is 0 Å². The van der Waals surface area contributed by atoms with Gasteiger partial charge in [-0.15, -0.1) is 0 Å². The molecule has 1 nitrogen and oxygen atoms in total. The molecule has 0 aromatic carbocycles. The number of halogens is 2. The van der Waals surface area contributed by atoms with E-state index in [-0.39, 0.29) is 76.8 Å². The molecule has 0 aliphatic heterocycles. The van der Waals surface area contributed by atoms with Crippen molar-refractivity contribution < 1.29 is 91.0 Å². The van der Waals surface area contributed by atoms with Crippen molar-refractivity contribution >= 4 is 0 Å². The van der Waals surface area contributed by atoms with Gasteiger partial charge in [0.05, 0.1) is 0 Å². The van der Waals surface area contributed by atoms with Crippen molar-refractivity contribution in [2.75, 3.05) is 0 Å². The summed E-state index contributed by atoms with van der Waals surface area (Å²) in [5.41, 5.74) is 0. The van der Waals surface area contributed by atoms with E-state index in [2.05, 4.69) is 0 Å². The van der Waals surface area contributed by atoms with Crippen LogP contribution >= 0.6 is 0 Å². The average molecular weight is 386 g/mol. The van der Waals surface area contributed by atoms with Crippen molar-refractivity contribution in [3.63, 3.8) is 0 Å². The van der Waals surface area contributed by atoms with E-state index in [1.807, 2.05) is 0 Å². The summed E-state index contributed by atoms with van der Waals surface area (Å²) in [6.45, 7) is 0. The van der Waals surface area contributed by atoms with E-state index >= 15 is 0 Å². The third kappa shape index (κ3) is 21.6. The van der Waals surface area contributed by atoms with Gasteiger partial charge in [-0.3, -0.25) is 0 Å². The van der Waals surface area contributed by atoms with Gasteiger partial charge in [0.25, 0.3) is 0 Å². The van der Waals surface area contributed by atoms with Gasteiger partial charge in [0, 0.05) is 82.0 Å². The molecule has 0 saturated carbocycles. The van der Waals surface area contributed by atoms with Gasteiger partial charge in [0.1, 0.15) is 0 Å². The Kier molecular flexibility index (Phi) is 50.6. The van der Waals surface area contributed by atoms with Crippen LogP contribution in [-0.2, 0) is 5.15 Å². The molecule has 0 saturated heterocycles. The molecule has 0 heterocycles. The van der Waals surface area contributed by atoms with E-state index in [4.69, 9.17) is 9.05 Å². The summed E-state index contributed by atoms with van der Waals surface area (Å²) < 4.78 is 18.2. The van der Waals surface area contributed by atoms with Gasteiger partial charge in [-0.2, -0.15) is 0 Å². The average Bonchev–Trinajstić information content (AvgIpc) is 0.918. The fourth-order valence-corrected chi connectivity index (χ4v) is 0. The first-order valence-electron chi connectivity index (χ1n) is 0.309. The van der Waals surface area contributed by atoms with Crippen molar-refractivity contribution in [2.45, 2.75) is 0 Å². The van der Waals surface area contributed by atoms with E-state index in [0.717, 1.165) is 0 Å². The van der Waals surface area contributed by atoms with Crippen molar-refractivity contribution in [2.24, 2.45) is 0 Å². The van der Waals surface area contributed by atoms with E-state index in [0.29, 0.717) is 0 Å². The minimum atomic E-state index is 0. The van der Waals surface area contributed by atoms with Crippen LogP contribution in [0.2, 0.25) is 0 Å². The Balaban J connectivity index is -0.0000000200. The van der Waals surface area contributed by atoms with E-state index in [1.54, 1.807) is 0 Å². The van der Waals surface area contributed by atoms with E-state index in [1.165, 1.54) is 5.15 Å². The zero-order chi connectivity index (χ0) is 2.71. The minimum Gasteiger partial charge on any atom is -0.0104 e. The largest absolute Gasteiger partial charge is 0.0209 e. The van der Waals surface area contributed by atoms with Gasteiger partial charge in [-0.25, -0.2) is 0 Å². The molecule has 0 rings (SSSR count). The van der Waals surface area contributed by atoms with Crippen LogP contribution < -0.4 is 0 Å². The topological polar surface area (TPSA) is 9.23 Å². The Morgan fingerprint density at radius 2 is 1.20 bits per heavy atom. The molecular weight excluding hydrogens is 386 g/mol. The molecule has 0 aromatic rings. The molecule has 0 aliphatic rings. The molecule has 0 spiro atoms. The predicted molar refractivity (Wildman–Crippen MR) is 3.30 cm³/mol. The van der Waals surface area contributed by atoms with Gasteiger partial charge in [-0.05, 0) is 9.05 Å². The van der Waals surface area contributed by atoms with Gasteiger partial charge in [0.15, 0.2) is 0 Å². The van der Waals surface area contributed by atoms with Crippen molar-refractivity contribution in [3.05, 3.63) is 0 Å². The Labute approximate surface area is 89.1 Å². The van der Waals surface area contributed by atoms with Gasteiger partial charge in [0.2, 0.25) is 0 Å². The second-order valence-corrected chi connectivity index (χ2v) is 0.0583. The van der Waals surface area contributed by atoms with Gasteiger partial charge >= 0.3 is 0 Å². The number of hydrogen-bond donors (Lipinski definition) is 0. The zero-order valence-corrected chi connectivity index (χ0v) is 5.70. The molecule has 1 radical (unpaired) electrons. The molecule has 0 aliphatic carbocycles. The standard InChI is InChI=1S/F2O.Gd.Lu/c1-3-2;;. The van der Waals surface area contributed by atoms with Gasteiger partial charge in [-0.1, -0.05) is 0 Å². The fourth-order valence-electron chi connectivity index (χ4n) is 0. The van der Waals surface area contributed by atoms with Crippen LogP contribution in [0.1, 0.15) is 0 Å². The first kappa shape index (κ1) is 15.7. The molecular formula is F2GdLuO. The fraction of sp³-hybridized carbons (Fsp3) is 0. The van der Waals surface area contributed by atoms with Gasteiger partial charge < -0.3 is 0 Å². The third-order valence-corrected chi connectivity index (χ3v) is 0. The first-order valence-corrected chi connectivity index (χ1v) is 0.309. The second kappa shape index (κ2) is 16.2. The van der Waals surface area contributed by atoms with E-state index in [9.17, 15) is 0 Å². The summed E-state index contributed by atoms with van der Waals surface area (Å²) in [5, 5.41) is 1.25. The Morgan fingerprint density at radius 1 is 1.20 bits per heavy atom. The summed E-state index contributed by atoms with van der Waals surface area (Å²) in [6.07, 6.45) is 0. The van der Waals surface area contributed by atoms with Crippen LogP contribution in [0, 0.1) is 76.8 Å². The molecule has 5 heteroatoms. The Bertz CT molecular complexity index is 9.61. The number of hydrogen-bond acceptors (Lipinski definition) is 1. The molecule has 43 valence electrons. The Hall–Kier alpha value is 2.38.